The van der Waals surface area contributed by atoms with Crippen molar-refractivity contribution < 1.29 is 22.0 Å². The van der Waals surface area contributed by atoms with Gasteiger partial charge in [0.1, 0.15) is 5.82 Å². The van der Waals surface area contributed by atoms with Crippen LogP contribution in [0.5, 0.6) is 0 Å². The normalized spacial score (nSPS) is 15.7. The number of sulfonamides is 1. The van der Waals surface area contributed by atoms with E-state index in [1.54, 1.807) is 0 Å². The molecule has 1 saturated heterocycles. The summed E-state index contributed by atoms with van der Waals surface area (Å²) in [5.41, 5.74) is 1.80. The Morgan fingerprint density at radius 2 is 1.84 bits per heavy atom. The number of halogens is 1. The maximum absolute atomic E-state index is 13.1. The van der Waals surface area contributed by atoms with Gasteiger partial charge in [-0.05, 0) is 56.2 Å². The molecule has 2 aromatic carbocycles. The number of benzene rings is 2. The van der Waals surface area contributed by atoms with Crippen LogP contribution in [0.3, 0.4) is 0 Å². The van der Waals surface area contributed by atoms with Crippen LogP contribution in [0, 0.1) is 18.7 Å². The Balaban J connectivity index is 1.36. The lowest BCUT2D eigenvalue weighted by Crippen LogP contribution is -2.41. The SMILES string of the molecule is Cc1cccc(-c2nnc(NC(=O)C3CCN(S(=O)(=O)c4ccc(F)cc4)CC3)o2)c1. The van der Waals surface area contributed by atoms with Gasteiger partial charge < -0.3 is 4.42 Å². The average molecular weight is 444 g/mol. The highest BCUT2D eigenvalue weighted by Crippen LogP contribution is 2.26. The minimum Gasteiger partial charge on any atom is -0.403 e. The molecule has 0 unspecified atom stereocenters. The van der Waals surface area contributed by atoms with Gasteiger partial charge in [0.25, 0.3) is 0 Å². The molecular weight excluding hydrogens is 423 g/mol. The average Bonchev–Trinajstić information content (AvgIpc) is 3.23. The van der Waals surface area contributed by atoms with E-state index in [0.717, 1.165) is 23.3 Å². The van der Waals surface area contributed by atoms with Crippen LogP contribution in [0.4, 0.5) is 10.4 Å². The van der Waals surface area contributed by atoms with Gasteiger partial charge in [-0.2, -0.15) is 4.31 Å². The first kappa shape index (κ1) is 21.1. The summed E-state index contributed by atoms with van der Waals surface area (Å²) in [6.07, 6.45) is 0.705. The third kappa shape index (κ3) is 4.64. The van der Waals surface area contributed by atoms with Gasteiger partial charge in [-0.25, -0.2) is 12.8 Å². The molecule has 4 rings (SSSR count). The number of nitrogens with one attached hydrogen (secondary N) is 1. The van der Waals surface area contributed by atoms with Crippen molar-refractivity contribution in [1.29, 1.82) is 0 Å². The van der Waals surface area contributed by atoms with Crippen molar-refractivity contribution in [2.75, 3.05) is 18.4 Å². The fraction of sp³-hybridized carbons (Fsp3) is 0.286. The summed E-state index contributed by atoms with van der Waals surface area (Å²) in [7, 11) is -3.72. The first-order chi connectivity index (χ1) is 14.8. The highest BCUT2D eigenvalue weighted by atomic mass is 32.2. The third-order valence-corrected chi connectivity index (χ3v) is 7.11. The number of carbonyl (C=O) groups is 1. The molecule has 162 valence electrons. The van der Waals surface area contributed by atoms with Crippen LogP contribution in [0.2, 0.25) is 0 Å². The molecule has 1 aliphatic rings. The van der Waals surface area contributed by atoms with E-state index in [9.17, 15) is 17.6 Å². The zero-order valence-corrected chi connectivity index (χ0v) is 17.6. The second-order valence-corrected chi connectivity index (χ2v) is 9.34. The van der Waals surface area contributed by atoms with E-state index in [-0.39, 0.29) is 35.8 Å². The molecule has 31 heavy (non-hydrogen) atoms. The Bertz CT molecular complexity index is 1190. The van der Waals surface area contributed by atoms with Crippen molar-refractivity contribution in [1.82, 2.24) is 14.5 Å². The topological polar surface area (TPSA) is 105 Å². The van der Waals surface area contributed by atoms with E-state index in [1.807, 2.05) is 31.2 Å². The number of piperidine rings is 1. The minimum absolute atomic E-state index is 0.00266. The summed E-state index contributed by atoms with van der Waals surface area (Å²) in [6, 6.07) is 12.3. The molecule has 0 saturated carbocycles. The Morgan fingerprint density at radius 3 is 2.52 bits per heavy atom. The zero-order chi connectivity index (χ0) is 22.0. The van der Waals surface area contributed by atoms with E-state index in [1.165, 1.54) is 16.4 Å². The van der Waals surface area contributed by atoms with Crippen LogP contribution in [0.25, 0.3) is 11.5 Å². The molecule has 1 aromatic heterocycles. The van der Waals surface area contributed by atoms with E-state index >= 15 is 0 Å². The van der Waals surface area contributed by atoms with Gasteiger partial charge in [0.2, 0.25) is 21.8 Å². The molecule has 0 radical (unpaired) electrons. The van der Waals surface area contributed by atoms with Crippen LogP contribution in [0.15, 0.2) is 57.8 Å². The third-order valence-electron chi connectivity index (χ3n) is 5.20. The first-order valence-electron chi connectivity index (χ1n) is 9.80. The number of hydrogen-bond donors (Lipinski definition) is 1. The number of aryl methyl sites for hydroxylation is 1. The monoisotopic (exact) mass is 444 g/mol. The van der Waals surface area contributed by atoms with Gasteiger partial charge in [0, 0.05) is 24.6 Å². The van der Waals surface area contributed by atoms with Gasteiger partial charge in [0.15, 0.2) is 0 Å². The number of rotatable bonds is 5. The number of aromatic nitrogens is 2. The molecule has 8 nitrogen and oxygen atoms in total. The van der Waals surface area contributed by atoms with Gasteiger partial charge in [-0.1, -0.05) is 22.8 Å². The van der Waals surface area contributed by atoms with Crippen molar-refractivity contribution in [2.24, 2.45) is 5.92 Å². The summed E-state index contributed by atoms with van der Waals surface area (Å²) in [4.78, 5) is 12.6. The van der Waals surface area contributed by atoms with Crippen molar-refractivity contribution in [2.45, 2.75) is 24.7 Å². The van der Waals surface area contributed by atoms with Crippen LogP contribution in [0.1, 0.15) is 18.4 Å². The zero-order valence-electron chi connectivity index (χ0n) is 16.8. The maximum atomic E-state index is 13.1. The van der Waals surface area contributed by atoms with Gasteiger partial charge in [-0.3, -0.25) is 10.1 Å². The predicted octanol–water partition coefficient (Wildman–Crippen LogP) is 3.22. The highest BCUT2D eigenvalue weighted by Gasteiger charge is 2.32. The lowest BCUT2D eigenvalue weighted by Gasteiger charge is -2.30. The molecule has 2 heterocycles. The molecule has 1 N–H and O–H groups in total. The standard InChI is InChI=1S/C21H21FN4O4S/c1-14-3-2-4-16(13-14)20-24-25-21(30-20)23-19(27)15-9-11-26(12-10-15)31(28,29)18-7-5-17(22)6-8-18/h2-8,13,15H,9-12H2,1H3,(H,23,25,27). The first-order valence-corrected chi connectivity index (χ1v) is 11.2. The summed E-state index contributed by atoms with van der Waals surface area (Å²) in [6.45, 7) is 2.33. The molecule has 0 bridgehead atoms. The number of nitrogens with zero attached hydrogens (tertiary/aromatic N) is 3. The van der Waals surface area contributed by atoms with E-state index in [0.29, 0.717) is 18.7 Å². The van der Waals surface area contributed by atoms with E-state index < -0.39 is 15.8 Å². The Kier molecular flexibility index (Phi) is 5.84. The number of hydrogen-bond acceptors (Lipinski definition) is 6. The number of carbonyl (C=O) groups excluding carboxylic acids is 1. The van der Waals surface area contributed by atoms with Crippen LogP contribution >= 0.6 is 0 Å². The molecule has 0 atom stereocenters. The van der Waals surface area contributed by atoms with Crippen LogP contribution in [-0.2, 0) is 14.8 Å². The number of anilines is 1. The van der Waals surface area contributed by atoms with Crippen LogP contribution < -0.4 is 5.32 Å². The second-order valence-electron chi connectivity index (χ2n) is 7.40. The second kappa shape index (κ2) is 8.56. The van der Waals surface area contributed by atoms with Gasteiger partial charge in [0.05, 0.1) is 4.90 Å². The Hall–Kier alpha value is -3.11. The molecule has 1 aliphatic heterocycles. The lowest BCUT2D eigenvalue weighted by atomic mass is 9.97. The predicted molar refractivity (Wildman–Crippen MR) is 111 cm³/mol. The van der Waals surface area contributed by atoms with Crippen molar-refractivity contribution in [3.8, 4) is 11.5 Å². The van der Waals surface area contributed by atoms with Crippen molar-refractivity contribution in [3.63, 3.8) is 0 Å². The molecule has 1 fully saturated rings. The molecule has 10 heteroatoms. The fourth-order valence-corrected chi connectivity index (χ4v) is 4.96. The number of amides is 1. The summed E-state index contributed by atoms with van der Waals surface area (Å²) in [5, 5.41) is 10.5. The smallest absolute Gasteiger partial charge is 0.322 e. The molecule has 3 aromatic rings. The lowest BCUT2D eigenvalue weighted by molar-refractivity contribution is -0.121. The quantitative estimate of drug-likeness (QED) is 0.648. The molecule has 1 amide bonds. The molecular formula is C21H21FN4O4S. The fourth-order valence-electron chi connectivity index (χ4n) is 3.49. The van der Waals surface area contributed by atoms with E-state index in [2.05, 4.69) is 15.5 Å². The molecule has 0 spiro atoms. The highest BCUT2D eigenvalue weighted by molar-refractivity contribution is 7.89. The van der Waals surface area contributed by atoms with E-state index in [4.69, 9.17) is 4.42 Å². The van der Waals surface area contributed by atoms with Crippen LogP contribution in [-0.4, -0.2) is 41.9 Å². The van der Waals surface area contributed by atoms with Gasteiger partial charge >= 0.3 is 6.01 Å². The summed E-state index contributed by atoms with van der Waals surface area (Å²) < 4.78 is 45.3. The van der Waals surface area contributed by atoms with Crippen molar-refractivity contribution >= 4 is 21.9 Å². The summed E-state index contributed by atoms with van der Waals surface area (Å²) >= 11 is 0. The Labute approximate surface area is 179 Å². The molecule has 0 aliphatic carbocycles. The minimum atomic E-state index is -3.72. The van der Waals surface area contributed by atoms with Crippen molar-refractivity contribution in [3.05, 3.63) is 59.9 Å². The Morgan fingerprint density at radius 1 is 1.13 bits per heavy atom. The summed E-state index contributed by atoms with van der Waals surface area (Å²) in [5.74, 6) is -0.868. The van der Waals surface area contributed by atoms with Gasteiger partial charge in [-0.15, -0.1) is 5.10 Å². The maximum Gasteiger partial charge on any atom is 0.322 e. The largest absolute Gasteiger partial charge is 0.403 e.